The van der Waals surface area contributed by atoms with Gasteiger partial charge in [-0.1, -0.05) is 12.1 Å². The summed E-state index contributed by atoms with van der Waals surface area (Å²) in [6.07, 6.45) is 3.27. The van der Waals surface area contributed by atoms with Crippen LogP contribution in [0.3, 0.4) is 0 Å². The lowest BCUT2D eigenvalue weighted by Gasteiger charge is -2.11. The standard InChI is InChI=1S/C18H18N4O3/c1-12(11-23)20-17(24)13-5-4-6-14(9-13)21-18(25)15-10-19-16-7-2-3-8-22(15)16/h2-10,12,23H,11H2,1H3,(H,20,24)(H,21,25)/t12-/m0/s1. The van der Waals surface area contributed by atoms with Crippen molar-refractivity contribution in [3.63, 3.8) is 0 Å². The van der Waals surface area contributed by atoms with Crippen molar-refractivity contribution < 1.29 is 14.7 Å². The highest BCUT2D eigenvalue weighted by Crippen LogP contribution is 2.13. The molecule has 7 nitrogen and oxygen atoms in total. The molecule has 0 aliphatic heterocycles. The minimum absolute atomic E-state index is 0.142. The fourth-order valence-corrected chi connectivity index (χ4v) is 2.39. The lowest BCUT2D eigenvalue weighted by Crippen LogP contribution is -2.35. The van der Waals surface area contributed by atoms with Gasteiger partial charge >= 0.3 is 0 Å². The lowest BCUT2D eigenvalue weighted by molar-refractivity contribution is 0.0921. The number of benzene rings is 1. The van der Waals surface area contributed by atoms with Crippen molar-refractivity contribution in [1.29, 1.82) is 0 Å². The number of nitrogens with one attached hydrogen (secondary N) is 2. The number of carbonyl (C=O) groups excluding carboxylic acids is 2. The molecule has 0 fully saturated rings. The molecule has 1 aromatic carbocycles. The van der Waals surface area contributed by atoms with Crippen LogP contribution < -0.4 is 10.6 Å². The van der Waals surface area contributed by atoms with Crippen molar-refractivity contribution in [2.24, 2.45) is 0 Å². The molecule has 3 N–H and O–H groups in total. The Morgan fingerprint density at radius 1 is 1.20 bits per heavy atom. The molecule has 0 unspecified atom stereocenters. The number of fused-ring (bicyclic) bond motifs is 1. The molecule has 0 saturated heterocycles. The first kappa shape index (κ1) is 16.7. The third kappa shape index (κ3) is 3.67. The first-order valence-corrected chi connectivity index (χ1v) is 7.83. The topological polar surface area (TPSA) is 95.7 Å². The number of carbonyl (C=O) groups is 2. The highest BCUT2D eigenvalue weighted by atomic mass is 16.3. The summed E-state index contributed by atoms with van der Waals surface area (Å²) in [6.45, 7) is 1.56. The molecule has 7 heteroatoms. The number of aliphatic hydroxyl groups excluding tert-OH is 1. The average Bonchev–Trinajstić information content (AvgIpc) is 3.06. The highest BCUT2D eigenvalue weighted by molar-refractivity contribution is 6.04. The Bertz CT molecular complexity index is 919. The predicted molar refractivity (Wildman–Crippen MR) is 93.6 cm³/mol. The van der Waals surface area contributed by atoms with Gasteiger partial charge in [0.2, 0.25) is 0 Å². The number of pyridine rings is 1. The number of amides is 2. The molecule has 0 aliphatic carbocycles. The Labute approximate surface area is 144 Å². The number of aliphatic hydroxyl groups is 1. The second-order valence-corrected chi connectivity index (χ2v) is 5.66. The fraction of sp³-hybridized carbons (Fsp3) is 0.167. The summed E-state index contributed by atoms with van der Waals surface area (Å²) < 4.78 is 1.69. The molecule has 0 radical (unpaired) electrons. The zero-order valence-corrected chi connectivity index (χ0v) is 13.6. The van der Waals surface area contributed by atoms with Crippen LogP contribution in [0.2, 0.25) is 0 Å². The molecule has 25 heavy (non-hydrogen) atoms. The molecule has 3 rings (SSSR count). The van der Waals surface area contributed by atoms with E-state index in [0.717, 1.165) is 0 Å². The minimum Gasteiger partial charge on any atom is -0.394 e. The van der Waals surface area contributed by atoms with Crippen molar-refractivity contribution in [1.82, 2.24) is 14.7 Å². The minimum atomic E-state index is -0.344. The maximum absolute atomic E-state index is 12.5. The van der Waals surface area contributed by atoms with E-state index >= 15 is 0 Å². The van der Waals surface area contributed by atoms with Gasteiger partial charge in [0.25, 0.3) is 11.8 Å². The van der Waals surface area contributed by atoms with Crippen LogP contribution in [-0.2, 0) is 0 Å². The van der Waals surface area contributed by atoms with E-state index < -0.39 is 0 Å². The van der Waals surface area contributed by atoms with E-state index in [1.165, 1.54) is 6.20 Å². The van der Waals surface area contributed by atoms with Crippen molar-refractivity contribution in [2.75, 3.05) is 11.9 Å². The number of rotatable bonds is 5. The maximum Gasteiger partial charge on any atom is 0.274 e. The molecule has 1 atom stereocenters. The molecule has 2 amide bonds. The van der Waals surface area contributed by atoms with E-state index in [2.05, 4.69) is 15.6 Å². The van der Waals surface area contributed by atoms with Crippen LogP contribution in [0.4, 0.5) is 5.69 Å². The van der Waals surface area contributed by atoms with Crippen LogP contribution in [0, 0.1) is 0 Å². The summed E-state index contributed by atoms with van der Waals surface area (Å²) in [5, 5.41) is 14.4. The van der Waals surface area contributed by atoms with Crippen LogP contribution in [0.1, 0.15) is 27.8 Å². The van der Waals surface area contributed by atoms with Gasteiger partial charge in [0.05, 0.1) is 12.8 Å². The fourth-order valence-electron chi connectivity index (χ4n) is 2.39. The van der Waals surface area contributed by atoms with E-state index in [9.17, 15) is 9.59 Å². The van der Waals surface area contributed by atoms with E-state index in [-0.39, 0.29) is 24.5 Å². The largest absolute Gasteiger partial charge is 0.394 e. The van der Waals surface area contributed by atoms with E-state index in [0.29, 0.717) is 22.6 Å². The van der Waals surface area contributed by atoms with Crippen LogP contribution in [-0.4, -0.2) is 39.0 Å². The van der Waals surface area contributed by atoms with Gasteiger partial charge in [-0.05, 0) is 37.3 Å². The molecule has 2 aromatic heterocycles. The zero-order valence-electron chi connectivity index (χ0n) is 13.6. The molecule has 2 heterocycles. The quantitative estimate of drug-likeness (QED) is 0.660. The Hall–Kier alpha value is -3.19. The lowest BCUT2D eigenvalue weighted by atomic mass is 10.1. The summed E-state index contributed by atoms with van der Waals surface area (Å²) in [7, 11) is 0. The van der Waals surface area contributed by atoms with Crippen LogP contribution in [0.15, 0.2) is 54.9 Å². The van der Waals surface area contributed by atoms with Crippen molar-refractivity contribution in [3.05, 3.63) is 66.1 Å². The van der Waals surface area contributed by atoms with Gasteiger partial charge in [0.15, 0.2) is 0 Å². The molecular formula is C18H18N4O3. The highest BCUT2D eigenvalue weighted by Gasteiger charge is 2.14. The predicted octanol–water partition coefficient (Wildman–Crippen LogP) is 1.70. The summed E-state index contributed by atoms with van der Waals surface area (Å²) in [5.74, 6) is -0.632. The monoisotopic (exact) mass is 338 g/mol. The molecule has 0 aliphatic rings. The van der Waals surface area contributed by atoms with E-state index in [1.54, 1.807) is 41.8 Å². The number of imidazole rings is 1. The Kier molecular flexibility index (Phi) is 4.76. The van der Waals surface area contributed by atoms with Crippen LogP contribution in [0.25, 0.3) is 5.65 Å². The van der Waals surface area contributed by atoms with Gasteiger partial charge in [0.1, 0.15) is 11.3 Å². The summed E-state index contributed by atoms with van der Waals surface area (Å²) in [4.78, 5) is 28.8. The second-order valence-electron chi connectivity index (χ2n) is 5.66. The average molecular weight is 338 g/mol. The SMILES string of the molecule is C[C@@H](CO)NC(=O)c1cccc(NC(=O)c2cnc3ccccn23)c1. The number of hydrogen-bond acceptors (Lipinski definition) is 4. The van der Waals surface area contributed by atoms with Gasteiger partial charge in [-0.25, -0.2) is 4.98 Å². The van der Waals surface area contributed by atoms with E-state index in [4.69, 9.17) is 5.11 Å². The Balaban J connectivity index is 1.78. The van der Waals surface area contributed by atoms with E-state index in [1.807, 2.05) is 18.2 Å². The number of anilines is 1. The molecule has 128 valence electrons. The van der Waals surface area contributed by atoms with Gasteiger partial charge in [-0.2, -0.15) is 0 Å². The third-order valence-electron chi connectivity index (χ3n) is 3.68. The normalized spacial score (nSPS) is 11.9. The molecule has 3 aromatic rings. The first-order chi connectivity index (χ1) is 12.1. The first-order valence-electron chi connectivity index (χ1n) is 7.83. The zero-order chi connectivity index (χ0) is 17.8. The molecule has 0 bridgehead atoms. The van der Waals surface area contributed by atoms with Gasteiger partial charge < -0.3 is 15.7 Å². The smallest absolute Gasteiger partial charge is 0.274 e. The maximum atomic E-state index is 12.5. The summed E-state index contributed by atoms with van der Waals surface area (Å²) >= 11 is 0. The van der Waals surface area contributed by atoms with Crippen LogP contribution in [0.5, 0.6) is 0 Å². The second kappa shape index (κ2) is 7.14. The molecule has 0 spiro atoms. The van der Waals surface area contributed by atoms with Crippen molar-refractivity contribution in [3.8, 4) is 0 Å². The summed E-state index contributed by atoms with van der Waals surface area (Å²) in [5.41, 5.74) is 1.98. The summed E-state index contributed by atoms with van der Waals surface area (Å²) in [6, 6.07) is 11.7. The van der Waals surface area contributed by atoms with Crippen molar-refractivity contribution in [2.45, 2.75) is 13.0 Å². The van der Waals surface area contributed by atoms with Gasteiger partial charge in [0, 0.05) is 23.5 Å². The Morgan fingerprint density at radius 3 is 2.84 bits per heavy atom. The Morgan fingerprint density at radius 2 is 2.04 bits per heavy atom. The van der Waals surface area contributed by atoms with Crippen molar-refractivity contribution >= 4 is 23.1 Å². The van der Waals surface area contributed by atoms with Gasteiger partial charge in [-0.3, -0.25) is 14.0 Å². The third-order valence-corrected chi connectivity index (χ3v) is 3.68. The number of aromatic nitrogens is 2. The number of nitrogens with zero attached hydrogens (tertiary/aromatic N) is 2. The van der Waals surface area contributed by atoms with Gasteiger partial charge in [-0.15, -0.1) is 0 Å². The molecular weight excluding hydrogens is 320 g/mol. The van der Waals surface area contributed by atoms with Crippen LogP contribution >= 0.6 is 0 Å². The number of hydrogen-bond donors (Lipinski definition) is 3. The molecule has 0 saturated carbocycles.